The summed E-state index contributed by atoms with van der Waals surface area (Å²) in [5.41, 5.74) is 1.45. The summed E-state index contributed by atoms with van der Waals surface area (Å²) in [5, 5.41) is 3.58. The number of rotatable bonds is 5. The maximum Gasteiger partial charge on any atom is 0.243 e. The molecule has 0 heterocycles. The SMILES string of the molecule is CN(CC(=O)Nc1ccccc1)C(=O)Cc1ccc(Cl)c(Cl)c1. The lowest BCUT2D eigenvalue weighted by Gasteiger charge is -2.17. The zero-order chi connectivity index (χ0) is 16.8. The lowest BCUT2D eigenvalue weighted by atomic mass is 10.1. The fraction of sp³-hybridized carbons (Fsp3) is 0.176. The van der Waals surface area contributed by atoms with Crippen LogP contribution in [0.15, 0.2) is 48.5 Å². The van der Waals surface area contributed by atoms with Crippen molar-refractivity contribution >= 4 is 40.7 Å². The molecular formula is C17H16Cl2N2O2. The molecule has 2 rings (SSSR count). The Kier molecular flexibility index (Phi) is 6.02. The van der Waals surface area contributed by atoms with Crippen molar-refractivity contribution in [2.45, 2.75) is 6.42 Å². The van der Waals surface area contributed by atoms with E-state index in [9.17, 15) is 9.59 Å². The molecule has 23 heavy (non-hydrogen) atoms. The second-order valence-electron chi connectivity index (χ2n) is 5.09. The van der Waals surface area contributed by atoms with Crippen LogP contribution in [0.25, 0.3) is 0 Å². The van der Waals surface area contributed by atoms with Crippen LogP contribution in [0.1, 0.15) is 5.56 Å². The summed E-state index contributed by atoms with van der Waals surface area (Å²) in [5.74, 6) is -0.423. The van der Waals surface area contributed by atoms with Crippen LogP contribution in [0.5, 0.6) is 0 Å². The summed E-state index contributed by atoms with van der Waals surface area (Å²) in [4.78, 5) is 25.5. The minimum absolute atomic E-state index is 0.0188. The number of carbonyl (C=O) groups is 2. The van der Waals surface area contributed by atoms with Crippen LogP contribution >= 0.6 is 23.2 Å². The molecule has 0 bridgehead atoms. The Bertz CT molecular complexity index is 705. The zero-order valence-electron chi connectivity index (χ0n) is 12.6. The van der Waals surface area contributed by atoms with E-state index in [-0.39, 0.29) is 24.8 Å². The van der Waals surface area contributed by atoms with Gasteiger partial charge in [-0.15, -0.1) is 0 Å². The van der Waals surface area contributed by atoms with Gasteiger partial charge in [-0.3, -0.25) is 9.59 Å². The predicted octanol–water partition coefficient (Wildman–Crippen LogP) is 3.63. The van der Waals surface area contributed by atoms with E-state index in [1.54, 1.807) is 37.4 Å². The van der Waals surface area contributed by atoms with Crippen molar-refractivity contribution in [3.8, 4) is 0 Å². The molecule has 0 unspecified atom stereocenters. The number of hydrogen-bond donors (Lipinski definition) is 1. The molecule has 6 heteroatoms. The quantitative estimate of drug-likeness (QED) is 0.894. The molecule has 2 aromatic carbocycles. The summed E-state index contributed by atoms with van der Waals surface area (Å²) in [6.07, 6.45) is 0.159. The smallest absolute Gasteiger partial charge is 0.243 e. The van der Waals surface area contributed by atoms with E-state index in [1.807, 2.05) is 18.2 Å². The fourth-order valence-corrected chi connectivity index (χ4v) is 2.31. The van der Waals surface area contributed by atoms with Crippen molar-refractivity contribution in [3.05, 3.63) is 64.1 Å². The van der Waals surface area contributed by atoms with Gasteiger partial charge in [0.05, 0.1) is 23.0 Å². The lowest BCUT2D eigenvalue weighted by Crippen LogP contribution is -2.35. The van der Waals surface area contributed by atoms with Crippen molar-refractivity contribution in [1.82, 2.24) is 4.90 Å². The molecule has 0 radical (unpaired) electrons. The van der Waals surface area contributed by atoms with Gasteiger partial charge < -0.3 is 10.2 Å². The monoisotopic (exact) mass is 350 g/mol. The van der Waals surface area contributed by atoms with Crippen LogP contribution < -0.4 is 5.32 Å². The van der Waals surface area contributed by atoms with Gasteiger partial charge in [-0.2, -0.15) is 0 Å². The lowest BCUT2D eigenvalue weighted by molar-refractivity contribution is -0.132. The molecule has 0 saturated carbocycles. The van der Waals surface area contributed by atoms with E-state index in [0.29, 0.717) is 15.7 Å². The first kappa shape index (κ1) is 17.3. The molecule has 0 aliphatic carbocycles. The summed E-state index contributed by atoms with van der Waals surface area (Å²) in [6.45, 7) is -0.0188. The first-order valence-corrected chi connectivity index (χ1v) is 7.74. The van der Waals surface area contributed by atoms with Crippen LogP contribution in [0.3, 0.4) is 0 Å². The van der Waals surface area contributed by atoms with E-state index in [4.69, 9.17) is 23.2 Å². The number of anilines is 1. The Balaban J connectivity index is 1.89. The molecule has 1 N–H and O–H groups in total. The van der Waals surface area contributed by atoms with Crippen molar-refractivity contribution in [2.24, 2.45) is 0 Å². The summed E-state index contributed by atoms with van der Waals surface area (Å²) in [6, 6.07) is 14.1. The maximum atomic E-state index is 12.2. The second kappa shape index (κ2) is 7.99. The number of carbonyl (C=O) groups excluding carboxylic acids is 2. The standard InChI is InChI=1S/C17H16Cl2N2O2/c1-21(11-16(22)20-13-5-3-2-4-6-13)17(23)10-12-7-8-14(18)15(19)9-12/h2-9H,10-11H2,1H3,(H,20,22). The maximum absolute atomic E-state index is 12.2. The highest BCUT2D eigenvalue weighted by Crippen LogP contribution is 2.22. The highest BCUT2D eigenvalue weighted by Gasteiger charge is 2.14. The number of likely N-dealkylation sites (N-methyl/N-ethyl adjacent to an activating group) is 1. The molecule has 2 aromatic rings. The number of nitrogens with one attached hydrogen (secondary N) is 1. The molecule has 2 amide bonds. The van der Waals surface area contributed by atoms with Gasteiger partial charge in [0.1, 0.15) is 0 Å². The van der Waals surface area contributed by atoms with Gasteiger partial charge in [0.15, 0.2) is 0 Å². The van der Waals surface area contributed by atoms with Gasteiger partial charge >= 0.3 is 0 Å². The molecule has 0 atom stereocenters. The topological polar surface area (TPSA) is 49.4 Å². The fourth-order valence-electron chi connectivity index (χ4n) is 1.98. The van der Waals surface area contributed by atoms with Gasteiger partial charge in [-0.25, -0.2) is 0 Å². The summed E-state index contributed by atoms with van der Waals surface area (Å²) >= 11 is 11.8. The first-order chi connectivity index (χ1) is 11.0. The van der Waals surface area contributed by atoms with Crippen LogP contribution in [0.2, 0.25) is 10.0 Å². The molecule has 0 aliphatic heterocycles. The van der Waals surface area contributed by atoms with Gasteiger partial charge in [0.25, 0.3) is 0 Å². The number of benzene rings is 2. The Morgan fingerprint density at radius 2 is 1.74 bits per heavy atom. The predicted molar refractivity (Wildman–Crippen MR) is 92.9 cm³/mol. The first-order valence-electron chi connectivity index (χ1n) is 6.98. The number of amides is 2. The normalized spacial score (nSPS) is 10.2. The Hall–Kier alpha value is -2.04. The number of nitrogens with zero attached hydrogens (tertiary/aromatic N) is 1. The molecule has 4 nitrogen and oxygen atoms in total. The molecule has 0 saturated heterocycles. The zero-order valence-corrected chi connectivity index (χ0v) is 14.1. The highest BCUT2D eigenvalue weighted by molar-refractivity contribution is 6.42. The number of para-hydroxylation sites is 1. The molecule has 120 valence electrons. The summed E-state index contributed by atoms with van der Waals surface area (Å²) < 4.78 is 0. The molecule has 0 aromatic heterocycles. The second-order valence-corrected chi connectivity index (χ2v) is 5.90. The number of hydrogen-bond acceptors (Lipinski definition) is 2. The van der Waals surface area contributed by atoms with Crippen molar-refractivity contribution in [1.29, 1.82) is 0 Å². The van der Waals surface area contributed by atoms with Crippen LogP contribution in [-0.2, 0) is 16.0 Å². The highest BCUT2D eigenvalue weighted by atomic mass is 35.5. The largest absolute Gasteiger partial charge is 0.336 e. The Morgan fingerprint density at radius 3 is 2.39 bits per heavy atom. The van der Waals surface area contributed by atoms with E-state index < -0.39 is 0 Å². The third-order valence-corrected chi connectivity index (χ3v) is 3.94. The van der Waals surface area contributed by atoms with Crippen LogP contribution in [0.4, 0.5) is 5.69 Å². The number of halogens is 2. The van der Waals surface area contributed by atoms with Crippen molar-refractivity contribution in [2.75, 3.05) is 18.9 Å². The van der Waals surface area contributed by atoms with Crippen LogP contribution in [-0.4, -0.2) is 30.3 Å². The van der Waals surface area contributed by atoms with Gasteiger partial charge in [0.2, 0.25) is 11.8 Å². The minimum atomic E-state index is -0.249. The Labute approximate surface area is 145 Å². The van der Waals surface area contributed by atoms with Crippen molar-refractivity contribution in [3.63, 3.8) is 0 Å². The average molecular weight is 351 g/mol. The van der Waals surface area contributed by atoms with Crippen molar-refractivity contribution < 1.29 is 9.59 Å². The van der Waals surface area contributed by atoms with E-state index >= 15 is 0 Å². The molecule has 0 fully saturated rings. The van der Waals surface area contributed by atoms with E-state index in [0.717, 1.165) is 5.56 Å². The van der Waals surface area contributed by atoms with Gasteiger partial charge in [0, 0.05) is 12.7 Å². The summed E-state index contributed by atoms with van der Waals surface area (Å²) in [7, 11) is 1.59. The Morgan fingerprint density at radius 1 is 1.04 bits per heavy atom. The third kappa shape index (κ3) is 5.27. The molecule has 0 spiro atoms. The van der Waals surface area contributed by atoms with Gasteiger partial charge in [-0.05, 0) is 29.8 Å². The van der Waals surface area contributed by atoms with Gasteiger partial charge in [-0.1, -0.05) is 47.5 Å². The third-order valence-electron chi connectivity index (χ3n) is 3.20. The minimum Gasteiger partial charge on any atom is -0.336 e. The van der Waals surface area contributed by atoms with Crippen LogP contribution in [0, 0.1) is 0 Å². The van der Waals surface area contributed by atoms with E-state index in [2.05, 4.69) is 5.32 Å². The average Bonchev–Trinajstić information content (AvgIpc) is 2.51. The molecule has 0 aliphatic rings. The van der Waals surface area contributed by atoms with E-state index in [1.165, 1.54) is 4.90 Å². The molecular weight excluding hydrogens is 335 g/mol.